The van der Waals surface area contributed by atoms with Gasteiger partial charge in [0.25, 0.3) is 0 Å². The molecule has 10 nitrogen and oxygen atoms in total. The summed E-state index contributed by atoms with van der Waals surface area (Å²) in [6.07, 6.45) is 7.45. The maximum absolute atomic E-state index is 4.90. The van der Waals surface area contributed by atoms with Crippen molar-refractivity contribution in [3.63, 3.8) is 0 Å². The van der Waals surface area contributed by atoms with Crippen LogP contribution in [0.3, 0.4) is 0 Å². The third-order valence-corrected chi connectivity index (χ3v) is 22.5. The van der Waals surface area contributed by atoms with E-state index in [0.717, 1.165) is 55.8 Å². The number of para-hydroxylation sites is 6. The first-order chi connectivity index (χ1) is 50.1. The first-order valence-electron chi connectivity index (χ1n) is 35.4. The zero-order valence-corrected chi connectivity index (χ0v) is 60.4. The van der Waals surface area contributed by atoms with Crippen molar-refractivity contribution in [2.45, 2.75) is 77.0 Å². The molecule has 0 spiro atoms. The zero-order valence-electron chi connectivity index (χ0n) is 58.8. The van der Waals surface area contributed by atoms with Crippen LogP contribution in [0.5, 0.6) is 0 Å². The molecule has 6 aromatic heterocycles. The lowest BCUT2D eigenvalue weighted by atomic mass is 9.68. The van der Waals surface area contributed by atoms with E-state index < -0.39 is 0 Å². The molecule has 1 N–H and O–H groups in total. The fraction of sp³-hybridized carbons (Fsp3) is 0.130. The molecule has 500 valence electrons. The highest BCUT2D eigenvalue weighted by Crippen LogP contribution is 2.60. The highest BCUT2D eigenvalue weighted by atomic mass is 79.9. The highest BCUT2D eigenvalue weighted by molar-refractivity contribution is 9.10. The van der Waals surface area contributed by atoms with E-state index in [1.54, 1.807) is 0 Å². The Morgan fingerprint density at radius 2 is 0.631 bits per heavy atom. The van der Waals surface area contributed by atoms with Crippen LogP contribution >= 0.6 is 15.9 Å². The normalized spacial score (nSPS) is 15.0. The number of halogens is 1. The third kappa shape index (κ3) is 10.0. The van der Waals surface area contributed by atoms with E-state index in [2.05, 4.69) is 348 Å². The van der Waals surface area contributed by atoms with Crippen LogP contribution < -0.4 is 20.0 Å². The third-order valence-electron chi connectivity index (χ3n) is 22.1. The molecule has 0 saturated heterocycles. The molecule has 10 heterocycles. The van der Waals surface area contributed by atoms with Crippen LogP contribution in [0, 0.1) is 0 Å². The summed E-state index contributed by atoms with van der Waals surface area (Å²) in [5.74, 6) is 3.69. The average molecular weight is 1400 g/mol. The van der Waals surface area contributed by atoms with Crippen LogP contribution in [0.15, 0.2) is 308 Å². The molecule has 10 aromatic carbocycles. The molecule has 0 atom stereocenters. The van der Waals surface area contributed by atoms with Gasteiger partial charge in [-0.3, -0.25) is 18.9 Å². The predicted octanol–water partition coefficient (Wildman–Crippen LogP) is 24.3. The molecule has 16 aromatic rings. The summed E-state index contributed by atoms with van der Waals surface area (Å²) in [4.78, 5) is 26.1. The first-order valence-corrected chi connectivity index (χ1v) is 36.2. The molecular formula is C92H75BrN10. The monoisotopic (exact) mass is 1400 g/mol. The Morgan fingerprint density at radius 1 is 0.262 bits per heavy atom. The van der Waals surface area contributed by atoms with E-state index in [0.29, 0.717) is 0 Å². The van der Waals surface area contributed by atoms with Gasteiger partial charge in [0.15, 0.2) is 0 Å². The minimum absolute atomic E-state index is 0.0882. The van der Waals surface area contributed by atoms with Crippen molar-refractivity contribution < 1.29 is 0 Å². The predicted molar refractivity (Wildman–Crippen MR) is 429 cm³/mol. The van der Waals surface area contributed by atoms with Gasteiger partial charge in [0.1, 0.15) is 23.3 Å². The van der Waals surface area contributed by atoms with Gasteiger partial charge in [-0.15, -0.1) is 0 Å². The Balaban J connectivity index is 0.000000123. The molecular weight excluding hydrogens is 1320 g/mol. The van der Waals surface area contributed by atoms with Crippen LogP contribution in [-0.2, 0) is 21.7 Å². The Labute approximate surface area is 609 Å². The van der Waals surface area contributed by atoms with Crippen molar-refractivity contribution >= 4 is 122 Å². The van der Waals surface area contributed by atoms with Gasteiger partial charge in [-0.2, -0.15) is 0 Å². The Bertz CT molecular complexity index is 6020. The fourth-order valence-corrected chi connectivity index (χ4v) is 17.3. The zero-order chi connectivity index (χ0) is 70.1. The number of hydrogen-bond donors (Lipinski definition) is 1. The summed E-state index contributed by atoms with van der Waals surface area (Å²) >= 11 is 3.56. The molecule has 0 amide bonds. The van der Waals surface area contributed by atoms with Gasteiger partial charge < -0.3 is 10.2 Å². The molecule has 0 aliphatic carbocycles. The SMILES string of the molecule is Brc1ccc2c3ccccc3n(-c3ccccn3)c2c1.CC1(C)c2ccccc2N(c2ccc3c4ccccc4n(-c4ccccn4)c3c2)c2cc3c(cc21)C(C)(C)c1ccccc1N3c1ccccn1.CC1(C)c2ccccc2Nc2cc3c(cc21)C(C)(C)c1ccccc1N3c1ccccn1. The van der Waals surface area contributed by atoms with E-state index in [-0.39, 0.29) is 21.7 Å². The second-order valence-corrected chi connectivity index (χ2v) is 30.3. The lowest BCUT2D eigenvalue weighted by Crippen LogP contribution is -2.35. The fourth-order valence-electron chi connectivity index (χ4n) is 16.9. The molecule has 11 heteroatoms. The van der Waals surface area contributed by atoms with Crippen LogP contribution in [-0.4, -0.2) is 29.1 Å². The van der Waals surface area contributed by atoms with Gasteiger partial charge in [0.2, 0.25) is 0 Å². The van der Waals surface area contributed by atoms with Gasteiger partial charge in [0.05, 0.1) is 56.2 Å². The van der Waals surface area contributed by atoms with Gasteiger partial charge in [-0.25, -0.2) is 19.9 Å². The van der Waals surface area contributed by atoms with Gasteiger partial charge >= 0.3 is 0 Å². The standard InChI is InChI=1S/C46H37N5.C29H27N3.C17H11BrN2/c1-45(2)33-16-6-9-19-38(33)49(30-23-24-32-31-15-5-8-18-37(31)50(40(32)27-30)43-21-11-13-25-47-43)41-29-42-36(28-35(41)45)46(3,4)34-17-7-10-20-39(34)51(42)44-22-12-14-26-48-44;1-28(2)19-11-5-7-13-23(19)31-24-18-26-22(17-21(24)28)29(3,4)20-12-6-8-14-25(20)32(26)27-15-9-10-16-30-27;18-12-8-9-14-13-5-1-2-6-15(13)20(16(14)11-12)17-7-3-4-10-19-17/h5-29H,1-4H3;5-18,31H,1-4H3;1-11H. The maximum atomic E-state index is 4.90. The summed E-state index contributed by atoms with van der Waals surface area (Å²) in [5, 5.41) is 8.64. The number of benzene rings is 10. The van der Waals surface area contributed by atoms with E-state index in [1.165, 1.54) is 111 Å². The van der Waals surface area contributed by atoms with E-state index >= 15 is 0 Å². The lowest BCUT2D eigenvalue weighted by Gasteiger charge is -2.46. The summed E-state index contributed by atoms with van der Waals surface area (Å²) in [5.41, 5.74) is 25.0. The van der Waals surface area contributed by atoms with E-state index in [9.17, 15) is 0 Å². The number of fused-ring (bicyclic) bond motifs is 14. The van der Waals surface area contributed by atoms with E-state index in [4.69, 9.17) is 15.0 Å². The van der Waals surface area contributed by atoms with Crippen LogP contribution in [0.25, 0.3) is 55.2 Å². The van der Waals surface area contributed by atoms with Crippen LogP contribution in [0.2, 0.25) is 0 Å². The molecule has 0 unspecified atom stereocenters. The van der Waals surface area contributed by atoms with Crippen molar-refractivity contribution in [2.75, 3.05) is 20.0 Å². The van der Waals surface area contributed by atoms with Crippen molar-refractivity contribution in [3.05, 3.63) is 353 Å². The first kappa shape index (κ1) is 63.3. The summed E-state index contributed by atoms with van der Waals surface area (Å²) in [6, 6.07) is 99.5. The molecule has 0 saturated carbocycles. The topological polar surface area (TPSA) is 83.2 Å². The molecule has 0 bridgehead atoms. The van der Waals surface area contributed by atoms with Crippen molar-refractivity contribution in [2.24, 2.45) is 0 Å². The van der Waals surface area contributed by atoms with Crippen LogP contribution in [0.1, 0.15) is 99.9 Å². The quantitative estimate of drug-likeness (QED) is 0.183. The number of aromatic nitrogens is 6. The summed E-state index contributed by atoms with van der Waals surface area (Å²) < 4.78 is 5.57. The molecule has 4 aliphatic heterocycles. The molecule has 0 radical (unpaired) electrons. The van der Waals surface area contributed by atoms with Gasteiger partial charge in [0, 0.05) is 89.5 Å². The van der Waals surface area contributed by atoms with Crippen molar-refractivity contribution in [1.29, 1.82) is 0 Å². The molecule has 4 aliphatic rings. The Morgan fingerprint density at radius 3 is 1.13 bits per heavy atom. The number of nitrogens with one attached hydrogen (secondary N) is 1. The van der Waals surface area contributed by atoms with Gasteiger partial charge in [-0.05, 0) is 178 Å². The number of pyridine rings is 4. The smallest absolute Gasteiger partial charge is 0.137 e. The highest BCUT2D eigenvalue weighted by Gasteiger charge is 2.45. The second kappa shape index (κ2) is 24.1. The number of anilines is 11. The number of nitrogens with zero attached hydrogens (tertiary/aromatic N) is 9. The van der Waals surface area contributed by atoms with Crippen LogP contribution in [0.4, 0.5) is 62.8 Å². The van der Waals surface area contributed by atoms with Gasteiger partial charge in [-0.1, -0.05) is 217 Å². The lowest BCUT2D eigenvalue weighted by molar-refractivity contribution is 0.607. The number of hydrogen-bond acceptors (Lipinski definition) is 8. The van der Waals surface area contributed by atoms with E-state index in [1.807, 2.05) is 61.2 Å². The summed E-state index contributed by atoms with van der Waals surface area (Å²) in [7, 11) is 0. The minimum Gasteiger partial charge on any atom is -0.355 e. The van der Waals surface area contributed by atoms with Crippen molar-refractivity contribution in [3.8, 4) is 11.6 Å². The molecule has 0 fully saturated rings. The second-order valence-electron chi connectivity index (χ2n) is 29.3. The average Bonchev–Trinajstić information content (AvgIpc) is 1.46. The minimum atomic E-state index is -0.243. The number of rotatable bonds is 5. The molecule has 20 rings (SSSR count). The maximum Gasteiger partial charge on any atom is 0.137 e. The Kier molecular flexibility index (Phi) is 14.8. The Hall–Kier alpha value is -11.9. The largest absolute Gasteiger partial charge is 0.355 e. The summed E-state index contributed by atoms with van der Waals surface area (Å²) in [6.45, 7) is 18.8. The molecule has 103 heavy (non-hydrogen) atoms. The van der Waals surface area contributed by atoms with Crippen molar-refractivity contribution in [1.82, 2.24) is 29.1 Å².